The molecule has 0 heterocycles. The maximum atomic E-state index is 5.32. The van der Waals surface area contributed by atoms with E-state index < -0.39 is 0 Å². The first kappa shape index (κ1) is 13.6. The minimum atomic E-state index is 0.287. The van der Waals surface area contributed by atoms with Crippen molar-refractivity contribution in [1.29, 1.82) is 0 Å². The largest absolute Gasteiger partial charge is 0.497 e. The quantitative estimate of drug-likeness (QED) is 0.841. The van der Waals surface area contributed by atoms with Crippen molar-refractivity contribution < 1.29 is 4.74 Å². The van der Waals surface area contributed by atoms with Crippen LogP contribution >= 0.6 is 15.9 Å². The van der Waals surface area contributed by atoms with Gasteiger partial charge >= 0.3 is 0 Å². The van der Waals surface area contributed by atoms with Crippen LogP contribution in [0.3, 0.4) is 0 Å². The van der Waals surface area contributed by atoms with E-state index in [-0.39, 0.29) is 6.04 Å². The molecule has 3 heteroatoms. The minimum absolute atomic E-state index is 0.287. The summed E-state index contributed by atoms with van der Waals surface area (Å²) in [7, 11) is 3.73. The van der Waals surface area contributed by atoms with Gasteiger partial charge in [-0.05, 0) is 56.5 Å². The number of hydrogen-bond acceptors (Lipinski definition) is 2. The van der Waals surface area contributed by atoms with E-state index in [0.29, 0.717) is 0 Å². The lowest BCUT2D eigenvalue weighted by Gasteiger charge is -2.24. The number of halogens is 1. The molecule has 0 saturated carbocycles. The normalized spacial score (nSPS) is 17.2. The third kappa shape index (κ3) is 2.96. The van der Waals surface area contributed by atoms with Gasteiger partial charge in [-0.3, -0.25) is 0 Å². The van der Waals surface area contributed by atoms with Crippen LogP contribution in [0.5, 0.6) is 5.75 Å². The van der Waals surface area contributed by atoms with Gasteiger partial charge in [-0.25, -0.2) is 0 Å². The Morgan fingerprint density at radius 2 is 2.17 bits per heavy atom. The molecular weight excluding hydrogens is 290 g/mol. The summed E-state index contributed by atoms with van der Waals surface area (Å²) in [6, 6.07) is 6.44. The summed E-state index contributed by atoms with van der Waals surface area (Å²) in [4.78, 5) is 0. The number of likely N-dealkylation sites (N-methyl/N-ethyl adjacent to an activating group) is 1. The second kappa shape index (κ2) is 6.39. The molecule has 1 unspecified atom stereocenters. The average Bonchev–Trinajstić information content (AvgIpc) is 2.43. The van der Waals surface area contributed by atoms with Crippen LogP contribution in [0.1, 0.15) is 37.3 Å². The molecule has 0 bridgehead atoms. The molecule has 1 aromatic carbocycles. The number of nitrogens with one attached hydrogen (secondary N) is 1. The summed E-state index contributed by atoms with van der Waals surface area (Å²) < 4.78 is 6.46. The number of hydrogen-bond donors (Lipinski definition) is 1. The molecular formula is C15H20BrNO. The van der Waals surface area contributed by atoms with Crippen LogP contribution in [0.4, 0.5) is 0 Å². The fourth-order valence-corrected chi connectivity index (χ4v) is 3.01. The van der Waals surface area contributed by atoms with Gasteiger partial charge in [0.1, 0.15) is 5.75 Å². The zero-order valence-corrected chi connectivity index (χ0v) is 12.6. The van der Waals surface area contributed by atoms with Gasteiger partial charge in [0, 0.05) is 4.47 Å². The molecule has 18 heavy (non-hydrogen) atoms. The van der Waals surface area contributed by atoms with Crippen LogP contribution in [-0.2, 0) is 0 Å². The third-order valence-corrected chi connectivity index (χ3v) is 4.22. The van der Waals surface area contributed by atoms with Gasteiger partial charge < -0.3 is 10.1 Å². The highest BCUT2D eigenvalue weighted by Crippen LogP contribution is 2.35. The van der Waals surface area contributed by atoms with E-state index in [4.69, 9.17) is 4.74 Å². The second-order valence-electron chi connectivity index (χ2n) is 4.63. The molecule has 1 aliphatic rings. The summed E-state index contributed by atoms with van der Waals surface area (Å²) in [5.41, 5.74) is 2.75. The van der Waals surface area contributed by atoms with Gasteiger partial charge in [0.2, 0.25) is 0 Å². The highest BCUT2D eigenvalue weighted by molar-refractivity contribution is 9.10. The molecule has 1 N–H and O–H groups in total. The first-order chi connectivity index (χ1) is 8.76. The summed E-state index contributed by atoms with van der Waals surface area (Å²) in [5.74, 6) is 0.907. The van der Waals surface area contributed by atoms with Crippen LogP contribution < -0.4 is 10.1 Å². The summed E-state index contributed by atoms with van der Waals surface area (Å²) in [6.07, 6.45) is 7.39. The van der Waals surface area contributed by atoms with E-state index in [2.05, 4.69) is 39.5 Å². The minimum Gasteiger partial charge on any atom is -0.497 e. The molecule has 2 nitrogen and oxygen atoms in total. The van der Waals surface area contributed by atoms with E-state index >= 15 is 0 Å². The first-order valence-electron chi connectivity index (χ1n) is 6.46. The van der Waals surface area contributed by atoms with E-state index in [0.717, 1.165) is 10.2 Å². The molecule has 0 fully saturated rings. The molecule has 0 saturated heterocycles. The molecule has 0 aliphatic heterocycles. The van der Waals surface area contributed by atoms with Crippen molar-refractivity contribution in [1.82, 2.24) is 5.32 Å². The van der Waals surface area contributed by atoms with Crippen LogP contribution in [0.25, 0.3) is 0 Å². The van der Waals surface area contributed by atoms with Crippen LogP contribution in [0.15, 0.2) is 34.3 Å². The smallest absolute Gasteiger partial charge is 0.119 e. The topological polar surface area (TPSA) is 21.3 Å². The van der Waals surface area contributed by atoms with Gasteiger partial charge in [-0.1, -0.05) is 27.6 Å². The van der Waals surface area contributed by atoms with Gasteiger partial charge in [0.25, 0.3) is 0 Å². The maximum Gasteiger partial charge on any atom is 0.119 e. The van der Waals surface area contributed by atoms with Crippen molar-refractivity contribution in [3.8, 4) is 5.75 Å². The Hall–Kier alpha value is -0.800. The number of ether oxygens (including phenoxy) is 1. The Balaban J connectivity index is 2.34. The van der Waals surface area contributed by atoms with Crippen molar-refractivity contribution in [3.63, 3.8) is 0 Å². The molecule has 1 aromatic rings. The number of methoxy groups -OCH3 is 1. The van der Waals surface area contributed by atoms with Crippen molar-refractivity contribution in [3.05, 3.63) is 39.9 Å². The molecule has 98 valence electrons. The second-order valence-corrected chi connectivity index (χ2v) is 5.49. The van der Waals surface area contributed by atoms with Crippen LogP contribution in [0, 0.1) is 0 Å². The first-order valence-corrected chi connectivity index (χ1v) is 7.25. The Labute approximate surface area is 118 Å². The number of allylic oxidation sites excluding steroid dienone is 1. The fourth-order valence-electron chi connectivity index (χ4n) is 2.54. The predicted molar refractivity (Wildman–Crippen MR) is 79.0 cm³/mol. The number of benzene rings is 1. The van der Waals surface area contributed by atoms with E-state index in [1.54, 1.807) is 7.11 Å². The maximum absolute atomic E-state index is 5.32. The lowest BCUT2D eigenvalue weighted by molar-refractivity contribution is 0.413. The van der Waals surface area contributed by atoms with Gasteiger partial charge in [-0.2, -0.15) is 0 Å². The fraction of sp³-hybridized carbons (Fsp3) is 0.467. The third-order valence-electron chi connectivity index (χ3n) is 3.50. The number of rotatable bonds is 4. The predicted octanol–water partition coefficient (Wildman–Crippen LogP) is 4.22. The Kier molecular flexibility index (Phi) is 4.84. The molecule has 2 rings (SSSR count). The molecule has 1 aliphatic carbocycles. The SMILES string of the molecule is CNC(C1=CCCCC1)c1cc(OC)ccc1Br. The van der Waals surface area contributed by atoms with Crippen molar-refractivity contribution in [2.24, 2.45) is 0 Å². The van der Waals surface area contributed by atoms with Crippen LogP contribution in [0.2, 0.25) is 0 Å². The Morgan fingerprint density at radius 1 is 1.33 bits per heavy atom. The molecule has 0 radical (unpaired) electrons. The molecule has 0 amide bonds. The van der Waals surface area contributed by atoms with E-state index in [1.807, 2.05) is 13.1 Å². The van der Waals surface area contributed by atoms with Crippen LogP contribution in [-0.4, -0.2) is 14.2 Å². The molecule has 1 atom stereocenters. The lowest BCUT2D eigenvalue weighted by Crippen LogP contribution is -2.20. The van der Waals surface area contributed by atoms with Crippen molar-refractivity contribution in [2.75, 3.05) is 14.2 Å². The zero-order valence-electron chi connectivity index (χ0n) is 11.0. The molecule has 0 spiro atoms. The zero-order chi connectivity index (χ0) is 13.0. The average molecular weight is 310 g/mol. The van der Waals surface area contributed by atoms with Gasteiger partial charge in [-0.15, -0.1) is 0 Å². The van der Waals surface area contributed by atoms with Crippen molar-refractivity contribution in [2.45, 2.75) is 31.7 Å². The van der Waals surface area contributed by atoms with Crippen molar-refractivity contribution >= 4 is 15.9 Å². The van der Waals surface area contributed by atoms with E-state index in [1.165, 1.54) is 36.8 Å². The summed E-state index contributed by atoms with van der Waals surface area (Å²) >= 11 is 3.64. The summed E-state index contributed by atoms with van der Waals surface area (Å²) in [6.45, 7) is 0. The highest BCUT2D eigenvalue weighted by Gasteiger charge is 2.19. The highest BCUT2D eigenvalue weighted by atomic mass is 79.9. The summed E-state index contributed by atoms with van der Waals surface area (Å²) in [5, 5.41) is 3.43. The Bertz CT molecular complexity index is 442. The Morgan fingerprint density at radius 3 is 2.78 bits per heavy atom. The lowest BCUT2D eigenvalue weighted by atomic mass is 9.90. The monoisotopic (exact) mass is 309 g/mol. The molecule has 0 aromatic heterocycles. The van der Waals surface area contributed by atoms with Gasteiger partial charge in [0.05, 0.1) is 13.2 Å². The van der Waals surface area contributed by atoms with E-state index in [9.17, 15) is 0 Å². The standard InChI is InChI=1S/C15H20BrNO/c1-17-15(11-6-4-3-5-7-11)13-10-12(18-2)8-9-14(13)16/h6,8-10,15,17H,3-5,7H2,1-2H3. The van der Waals surface area contributed by atoms with Gasteiger partial charge in [0.15, 0.2) is 0 Å².